The summed E-state index contributed by atoms with van der Waals surface area (Å²) < 4.78 is 47.4. The molecule has 194 valence electrons. The Hall–Kier alpha value is -3.87. The van der Waals surface area contributed by atoms with Crippen LogP contribution >= 0.6 is 0 Å². The van der Waals surface area contributed by atoms with Crippen LogP contribution < -0.4 is 10.1 Å². The molecule has 1 N–H and O–H groups in total. The van der Waals surface area contributed by atoms with Crippen LogP contribution in [0.2, 0.25) is 0 Å². The van der Waals surface area contributed by atoms with E-state index in [0.29, 0.717) is 32.0 Å². The number of carbonyl (C=O) groups is 1. The first-order valence-corrected chi connectivity index (χ1v) is 12.0. The van der Waals surface area contributed by atoms with Crippen LogP contribution in [-0.4, -0.2) is 74.0 Å². The largest absolute Gasteiger partial charge is 0.471 e. The molecule has 1 amide bonds. The van der Waals surface area contributed by atoms with Gasteiger partial charge < -0.3 is 24.4 Å². The molecule has 3 aliphatic rings. The molecule has 11 nitrogen and oxygen atoms in total. The van der Waals surface area contributed by atoms with Gasteiger partial charge in [-0.25, -0.2) is 14.2 Å². The van der Waals surface area contributed by atoms with Gasteiger partial charge >= 0.3 is 6.09 Å². The van der Waals surface area contributed by atoms with Gasteiger partial charge in [0.25, 0.3) is 5.88 Å². The Balaban J connectivity index is 1.16. The molecule has 2 atom stereocenters. The Labute approximate surface area is 210 Å². The Morgan fingerprint density at radius 2 is 1.86 bits per heavy atom. The average Bonchev–Trinajstić information content (AvgIpc) is 3.35. The van der Waals surface area contributed by atoms with E-state index < -0.39 is 17.7 Å². The average molecular weight is 514 g/mol. The molecule has 1 aromatic carbocycles. The van der Waals surface area contributed by atoms with Crippen molar-refractivity contribution in [2.75, 3.05) is 31.6 Å². The number of ether oxygens (including phenoxy) is 3. The van der Waals surface area contributed by atoms with E-state index in [9.17, 15) is 9.18 Å². The van der Waals surface area contributed by atoms with Crippen molar-refractivity contribution in [2.24, 2.45) is 11.8 Å². The highest BCUT2D eigenvalue weighted by molar-refractivity contribution is 5.68. The summed E-state index contributed by atoms with van der Waals surface area (Å²) in [7, 11) is 0. The summed E-state index contributed by atoms with van der Waals surface area (Å²) in [5.74, 6) is -2.33. The minimum Gasteiger partial charge on any atom is -0.471 e. The minimum absolute atomic E-state index is 0.0147. The quantitative estimate of drug-likeness (QED) is 0.531. The van der Waals surface area contributed by atoms with Crippen molar-refractivity contribution in [1.82, 2.24) is 29.9 Å². The molecule has 0 radical (unpaired) electrons. The van der Waals surface area contributed by atoms with Crippen molar-refractivity contribution in [3.63, 3.8) is 0 Å². The van der Waals surface area contributed by atoms with E-state index in [1.54, 1.807) is 11.0 Å². The van der Waals surface area contributed by atoms with Crippen molar-refractivity contribution in [1.29, 1.82) is 0 Å². The Bertz CT molecular complexity index is 1290. The van der Waals surface area contributed by atoms with Gasteiger partial charge in [-0.05, 0) is 31.9 Å². The number of carbonyl (C=O) groups excluding carboxylic acids is 1. The number of anilines is 2. The molecule has 2 aromatic heterocycles. The first-order valence-electron chi connectivity index (χ1n) is 12.0. The van der Waals surface area contributed by atoms with Crippen LogP contribution in [0.25, 0.3) is 5.69 Å². The number of aromatic nitrogens is 5. The maximum atomic E-state index is 15.3. The molecule has 4 heterocycles. The maximum absolute atomic E-state index is 15.3. The van der Waals surface area contributed by atoms with E-state index in [1.807, 2.05) is 6.92 Å². The molecule has 3 aromatic rings. The molecule has 37 heavy (non-hydrogen) atoms. The number of rotatable bonds is 6. The molecule has 2 saturated heterocycles. The highest BCUT2D eigenvalue weighted by Crippen LogP contribution is 2.40. The number of halogens is 2. The summed E-state index contributed by atoms with van der Waals surface area (Å²) in [5, 5.41) is 10.6. The molecule has 3 fully saturated rings. The van der Waals surface area contributed by atoms with Crippen molar-refractivity contribution in [2.45, 2.75) is 31.5 Å². The second kappa shape index (κ2) is 9.21. The number of nitrogens with one attached hydrogen (secondary N) is 1. The fourth-order valence-corrected chi connectivity index (χ4v) is 4.65. The predicted octanol–water partition coefficient (Wildman–Crippen LogP) is 3.09. The minimum atomic E-state index is -0.845. The predicted molar refractivity (Wildman–Crippen MR) is 124 cm³/mol. The lowest BCUT2D eigenvalue weighted by atomic mass is 9.84. The molecule has 13 heteroatoms. The molecule has 1 aliphatic carbocycles. The monoisotopic (exact) mass is 513 g/mol. The van der Waals surface area contributed by atoms with Crippen LogP contribution in [0.3, 0.4) is 0 Å². The van der Waals surface area contributed by atoms with Gasteiger partial charge in [-0.2, -0.15) is 24.4 Å². The number of fused-ring (bicyclic) bond motifs is 2. The first-order chi connectivity index (χ1) is 17.9. The summed E-state index contributed by atoms with van der Waals surface area (Å²) in [5.41, 5.74) is 0.0655. The van der Waals surface area contributed by atoms with Crippen molar-refractivity contribution < 1.29 is 27.8 Å². The number of hydrogen-bond donors (Lipinski definition) is 1. The zero-order valence-electron chi connectivity index (χ0n) is 20.0. The van der Waals surface area contributed by atoms with E-state index in [0.717, 1.165) is 19.2 Å². The SMILES string of the molecule is CC1(OC(=O)N2CC3COCC(C2)C3Oc2ncnc(Nc3ccc(-n4nccn4)cc3F)c2F)CC1. The van der Waals surface area contributed by atoms with Gasteiger partial charge in [0, 0.05) is 31.0 Å². The highest BCUT2D eigenvalue weighted by atomic mass is 19.1. The third kappa shape index (κ3) is 4.78. The van der Waals surface area contributed by atoms with Gasteiger partial charge in [0.05, 0.1) is 37.0 Å². The Morgan fingerprint density at radius 1 is 1.14 bits per heavy atom. The zero-order valence-corrected chi connectivity index (χ0v) is 20.0. The van der Waals surface area contributed by atoms with Crippen LogP contribution in [-0.2, 0) is 9.47 Å². The molecule has 1 saturated carbocycles. The number of hydrogen-bond acceptors (Lipinski definition) is 9. The molecule has 2 aliphatic heterocycles. The Morgan fingerprint density at radius 3 is 2.54 bits per heavy atom. The zero-order chi connectivity index (χ0) is 25.6. The van der Waals surface area contributed by atoms with Crippen molar-refractivity contribution in [3.05, 3.63) is 48.6 Å². The van der Waals surface area contributed by atoms with Crippen LogP contribution in [0.15, 0.2) is 36.9 Å². The summed E-state index contributed by atoms with van der Waals surface area (Å²) >= 11 is 0. The third-order valence-electron chi connectivity index (χ3n) is 6.91. The highest BCUT2D eigenvalue weighted by Gasteiger charge is 2.47. The Kier molecular flexibility index (Phi) is 5.86. The molecule has 6 rings (SSSR count). The second-order valence-corrected chi connectivity index (χ2v) is 9.81. The summed E-state index contributed by atoms with van der Waals surface area (Å²) in [6, 6.07) is 4.25. The maximum Gasteiger partial charge on any atom is 0.410 e. The van der Waals surface area contributed by atoms with Crippen molar-refractivity contribution >= 4 is 17.6 Å². The number of benzene rings is 1. The van der Waals surface area contributed by atoms with Gasteiger partial charge in [0.2, 0.25) is 5.82 Å². The summed E-state index contributed by atoms with van der Waals surface area (Å²) in [6.07, 6.45) is 5.09. The molecule has 2 bridgehead atoms. The fraction of sp³-hybridized carbons (Fsp3) is 0.458. The fourth-order valence-electron chi connectivity index (χ4n) is 4.65. The number of likely N-dealkylation sites (tertiary alicyclic amines) is 1. The van der Waals surface area contributed by atoms with Crippen LogP contribution in [0.5, 0.6) is 5.88 Å². The van der Waals surface area contributed by atoms with E-state index >= 15 is 4.39 Å². The normalized spacial score (nSPS) is 23.9. The second-order valence-electron chi connectivity index (χ2n) is 9.81. The topological polar surface area (TPSA) is 117 Å². The molecular formula is C24H25F2N7O4. The molecular weight excluding hydrogens is 488 g/mol. The number of nitrogens with zero attached hydrogens (tertiary/aromatic N) is 6. The van der Waals surface area contributed by atoms with Gasteiger partial charge in [0.1, 0.15) is 23.8 Å². The van der Waals surface area contributed by atoms with E-state index in [1.165, 1.54) is 29.3 Å². The van der Waals surface area contributed by atoms with Gasteiger partial charge in [0.15, 0.2) is 5.82 Å². The van der Waals surface area contributed by atoms with Crippen molar-refractivity contribution in [3.8, 4) is 11.6 Å². The summed E-state index contributed by atoms with van der Waals surface area (Å²) in [6.45, 7) is 3.39. The standard InChI is InChI=1S/C24H25F2N7O4/c1-24(4-5-24)37-23(34)32-9-14-11-35-12-15(10-32)20(14)36-22-19(26)21(27-13-28-22)31-18-3-2-16(8-17(18)25)33-29-6-7-30-33/h2-3,6-8,13-15,20H,4-5,9-12H2,1H3,(H,27,28,31). The number of amides is 1. The van der Waals surface area contributed by atoms with Gasteiger partial charge in [-0.1, -0.05) is 0 Å². The first kappa shape index (κ1) is 23.5. The third-order valence-corrected chi connectivity index (χ3v) is 6.91. The van der Waals surface area contributed by atoms with E-state index in [-0.39, 0.29) is 40.9 Å². The smallest absolute Gasteiger partial charge is 0.410 e. The molecule has 2 unspecified atom stereocenters. The van der Waals surface area contributed by atoms with Gasteiger partial charge in [-0.15, -0.1) is 0 Å². The van der Waals surface area contributed by atoms with Crippen LogP contribution in [0.1, 0.15) is 19.8 Å². The van der Waals surface area contributed by atoms with E-state index in [2.05, 4.69) is 25.5 Å². The lowest BCUT2D eigenvalue weighted by molar-refractivity contribution is -0.112. The lowest BCUT2D eigenvalue weighted by Crippen LogP contribution is -2.59. The lowest BCUT2D eigenvalue weighted by Gasteiger charge is -2.46. The molecule has 0 spiro atoms. The van der Waals surface area contributed by atoms with Crippen LogP contribution in [0.4, 0.5) is 25.1 Å². The van der Waals surface area contributed by atoms with Gasteiger partial charge in [-0.3, -0.25) is 0 Å². The summed E-state index contributed by atoms with van der Waals surface area (Å²) in [4.78, 5) is 23.5. The van der Waals surface area contributed by atoms with E-state index in [4.69, 9.17) is 14.2 Å². The number of piperidine rings is 1. The van der Waals surface area contributed by atoms with Crippen LogP contribution in [0, 0.1) is 23.5 Å².